The van der Waals surface area contributed by atoms with Crippen LogP contribution in [0.5, 0.6) is 0 Å². The van der Waals surface area contributed by atoms with Crippen LogP contribution in [0.4, 0.5) is 13.2 Å². The van der Waals surface area contributed by atoms with E-state index in [2.05, 4.69) is 0 Å². The van der Waals surface area contributed by atoms with E-state index in [1.807, 2.05) is 0 Å². The van der Waals surface area contributed by atoms with Crippen molar-refractivity contribution in [2.45, 2.75) is 45.1 Å². The molecule has 1 aliphatic rings. The van der Waals surface area contributed by atoms with Gasteiger partial charge in [0.1, 0.15) is 0 Å². The van der Waals surface area contributed by atoms with Crippen LogP contribution in [-0.2, 0) is 9.53 Å². The maximum atomic E-state index is 11.9. The molecule has 1 aliphatic heterocycles. The molecular weight excluding hydrogens is 223 g/mol. The van der Waals surface area contributed by atoms with Crippen LogP contribution in [0.15, 0.2) is 0 Å². The summed E-state index contributed by atoms with van der Waals surface area (Å²) in [6, 6.07) is 0. The van der Waals surface area contributed by atoms with Crippen molar-refractivity contribution in [1.82, 2.24) is 4.90 Å². The summed E-state index contributed by atoms with van der Waals surface area (Å²) in [5, 5.41) is 0. The van der Waals surface area contributed by atoms with Gasteiger partial charge in [0.25, 0.3) is 0 Å². The zero-order chi connectivity index (χ0) is 12.3. The lowest BCUT2D eigenvalue weighted by Crippen LogP contribution is -2.48. The Hall–Kier alpha value is -0.780. The first-order chi connectivity index (χ1) is 7.28. The highest BCUT2D eigenvalue weighted by Crippen LogP contribution is 2.22. The molecule has 1 fully saturated rings. The molecule has 0 radical (unpaired) electrons. The summed E-state index contributed by atoms with van der Waals surface area (Å²) in [6.45, 7) is 4.36. The number of nitrogens with zero attached hydrogens (tertiary/aromatic N) is 1. The van der Waals surface area contributed by atoms with Gasteiger partial charge in [-0.1, -0.05) is 0 Å². The predicted molar refractivity (Wildman–Crippen MR) is 51.9 cm³/mol. The first-order valence-electron chi connectivity index (χ1n) is 5.28. The summed E-state index contributed by atoms with van der Waals surface area (Å²) in [5.41, 5.74) is 0. The lowest BCUT2D eigenvalue weighted by molar-refractivity contribution is -0.155. The molecule has 0 aromatic heterocycles. The number of carbonyl (C=O) groups excluding carboxylic acids is 1. The third-order valence-corrected chi connectivity index (χ3v) is 2.39. The SMILES string of the molecule is CC1CN(C(=O)CCC(F)(F)F)CC(C)O1. The highest BCUT2D eigenvalue weighted by atomic mass is 19.4. The molecule has 0 aromatic rings. The summed E-state index contributed by atoms with van der Waals surface area (Å²) in [5.74, 6) is -0.445. The Bertz CT molecular complexity index is 245. The predicted octanol–water partition coefficient (Wildman–Crippen LogP) is 1.96. The molecule has 0 bridgehead atoms. The van der Waals surface area contributed by atoms with Gasteiger partial charge in [-0.15, -0.1) is 0 Å². The summed E-state index contributed by atoms with van der Waals surface area (Å²) in [7, 11) is 0. The maximum absolute atomic E-state index is 11.9. The van der Waals surface area contributed by atoms with Crippen molar-refractivity contribution in [2.24, 2.45) is 0 Å². The lowest BCUT2D eigenvalue weighted by atomic mass is 10.2. The number of carbonyl (C=O) groups is 1. The Morgan fingerprint density at radius 2 is 1.81 bits per heavy atom. The molecule has 1 saturated heterocycles. The van der Waals surface area contributed by atoms with E-state index in [9.17, 15) is 18.0 Å². The highest BCUT2D eigenvalue weighted by Gasteiger charge is 2.31. The summed E-state index contributed by atoms with van der Waals surface area (Å²) in [4.78, 5) is 13.0. The van der Waals surface area contributed by atoms with E-state index in [-0.39, 0.29) is 12.2 Å². The van der Waals surface area contributed by atoms with Gasteiger partial charge < -0.3 is 9.64 Å². The average molecular weight is 239 g/mol. The molecule has 2 unspecified atom stereocenters. The third-order valence-electron chi connectivity index (χ3n) is 2.39. The minimum Gasteiger partial charge on any atom is -0.372 e. The Labute approximate surface area is 92.5 Å². The topological polar surface area (TPSA) is 29.5 Å². The average Bonchev–Trinajstić information content (AvgIpc) is 2.11. The van der Waals surface area contributed by atoms with E-state index < -0.39 is 24.9 Å². The largest absolute Gasteiger partial charge is 0.389 e. The second kappa shape index (κ2) is 5.03. The van der Waals surface area contributed by atoms with Crippen LogP contribution < -0.4 is 0 Å². The van der Waals surface area contributed by atoms with Crippen molar-refractivity contribution < 1.29 is 22.7 Å². The third kappa shape index (κ3) is 4.38. The van der Waals surface area contributed by atoms with Crippen molar-refractivity contribution in [1.29, 1.82) is 0 Å². The molecule has 1 rings (SSSR count). The van der Waals surface area contributed by atoms with E-state index in [4.69, 9.17) is 4.74 Å². The van der Waals surface area contributed by atoms with E-state index in [1.165, 1.54) is 4.90 Å². The van der Waals surface area contributed by atoms with Crippen LogP contribution in [0.25, 0.3) is 0 Å². The van der Waals surface area contributed by atoms with Crippen LogP contribution in [-0.4, -0.2) is 42.3 Å². The van der Waals surface area contributed by atoms with Crippen LogP contribution in [0.1, 0.15) is 26.7 Å². The summed E-state index contributed by atoms with van der Waals surface area (Å²) < 4.78 is 41.2. The van der Waals surface area contributed by atoms with Gasteiger partial charge in [-0.05, 0) is 13.8 Å². The first kappa shape index (κ1) is 13.3. The quantitative estimate of drug-likeness (QED) is 0.737. The van der Waals surface area contributed by atoms with Crippen LogP contribution in [0.3, 0.4) is 0 Å². The number of alkyl halides is 3. The summed E-state index contributed by atoms with van der Waals surface area (Å²) in [6.07, 6.45) is -6.01. The molecule has 6 heteroatoms. The van der Waals surface area contributed by atoms with Crippen molar-refractivity contribution in [3.05, 3.63) is 0 Å². The van der Waals surface area contributed by atoms with Crippen molar-refractivity contribution in [3.63, 3.8) is 0 Å². The standard InChI is InChI=1S/C10H16F3NO2/c1-7-5-14(6-8(2)16-7)9(15)3-4-10(11,12)13/h7-8H,3-6H2,1-2H3. The Morgan fingerprint density at radius 1 is 1.31 bits per heavy atom. The van der Waals surface area contributed by atoms with Crippen molar-refractivity contribution in [3.8, 4) is 0 Å². The number of rotatable bonds is 2. The molecular formula is C10H16F3NO2. The molecule has 0 saturated carbocycles. The first-order valence-corrected chi connectivity index (χ1v) is 5.28. The minimum absolute atomic E-state index is 0.112. The number of ether oxygens (including phenoxy) is 1. The van der Waals surface area contributed by atoms with Crippen LogP contribution in [0.2, 0.25) is 0 Å². The van der Waals surface area contributed by atoms with Crippen LogP contribution in [0, 0.1) is 0 Å². The van der Waals surface area contributed by atoms with E-state index in [0.29, 0.717) is 13.1 Å². The Morgan fingerprint density at radius 3 is 2.25 bits per heavy atom. The number of morpholine rings is 1. The molecule has 0 aromatic carbocycles. The van der Waals surface area contributed by atoms with Gasteiger partial charge >= 0.3 is 6.18 Å². The molecule has 16 heavy (non-hydrogen) atoms. The van der Waals surface area contributed by atoms with E-state index in [0.717, 1.165) is 0 Å². The van der Waals surface area contributed by atoms with Gasteiger partial charge in [-0.25, -0.2) is 0 Å². The highest BCUT2D eigenvalue weighted by molar-refractivity contribution is 5.76. The van der Waals surface area contributed by atoms with Gasteiger partial charge in [-0.3, -0.25) is 4.79 Å². The molecule has 0 spiro atoms. The molecule has 3 nitrogen and oxygen atoms in total. The molecule has 1 amide bonds. The fourth-order valence-corrected chi connectivity index (χ4v) is 1.79. The Kier molecular flexibility index (Phi) is 4.18. The van der Waals surface area contributed by atoms with Crippen molar-refractivity contribution in [2.75, 3.05) is 13.1 Å². The van der Waals surface area contributed by atoms with Gasteiger partial charge in [-0.2, -0.15) is 13.2 Å². The molecule has 0 aliphatic carbocycles. The zero-order valence-electron chi connectivity index (χ0n) is 9.38. The normalized spacial score (nSPS) is 26.9. The minimum atomic E-state index is -4.26. The number of amides is 1. The maximum Gasteiger partial charge on any atom is 0.389 e. The van der Waals surface area contributed by atoms with Crippen molar-refractivity contribution >= 4 is 5.91 Å². The fourth-order valence-electron chi connectivity index (χ4n) is 1.79. The molecule has 0 N–H and O–H groups in total. The fraction of sp³-hybridized carbons (Fsp3) is 0.900. The number of halogens is 3. The van der Waals surface area contributed by atoms with E-state index in [1.54, 1.807) is 13.8 Å². The molecule has 1 heterocycles. The summed E-state index contributed by atoms with van der Waals surface area (Å²) >= 11 is 0. The van der Waals surface area contributed by atoms with Gasteiger partial charge in [0.05, 0.1) is 18.6 Å². The smallest absolute Gasteiger partial charge is 0.372 e. The van der Waals surface area contributed by atoms with Crippen LogP contribution >= 0.6 is 0 Å². The monoisotopic (exact) mass is 239 g/mol. The molecule has 2 atom stereocenters. The second-order valence-electron chi connectivity index (χ2n) is 4.17. The van der Waals surface area contributed by atoms with E-state index >= 15 is 0 Å². The van der Waals surface area contributed by atoms with Gasteiger partial charge in [0.2, 0.25) is 5.91 Å². The second-order valence-corrected chi connectivity index (χ2v) is 4.17. The van der Waals surface area contributed by atoms with Gasteiger partial charge in [0, 0.05) is 19.5 Å². The van der Waals surface area contributed by atoms with Gasteiger partial charge in [0.15, 0.2) is 0 Å². The Balaban J connectivity index is 2.41. The number of hydrogen-bond donors (Lipinski definition) is 0. The molecule has 94 valence electrons. The lowest BCUT2D eigenvalue weighted by Gasteiger charge is -2.35. The number of hydrogen-bond acceptors (Lipinski definition) is 2. The zero-order valence-corrected chi connectivity index (χ0v) is 9.38.